The predicted octanol–water partition coefficient (Wildman–Crippen LogP) is 3.81. The van der Waals surface area contributed by atoms with Gasteiger partial charge in [-0.2, -0.15) is 5.10 Å². The lowest BCUT2D eigenvalue weighted by atomic mass is 10.0. The van der Waals surface area contributed by atoms with E-state index in [4.69, 9.17) is 0 Å². The normalized spacial score (nSPS) is 11.2. The standard InChI is InChI=1S/C21H26N4O/c1-12-9-13(2)20-18(10-12)19(11-14(3)22-20)21(26)25(6)8-7-17-15(4)23-24-16(17)5/h9-11H,7-8H2,1-6H3,(H,23,24). The van der Waals surface area contributed by atoms with Gasteiger partial charge in [0, 0.05) is 30.4 Å². The van der Waals surface area contributed by atoms with E-state index in [1.807, 2.05) is 40.8 Å². The number of pyridine rings is 1. The molecule has 0 saturated carbocycles. The van der Waals surface area contributed by atoms with Gasteiger partial charge in [0.25, 0.3) is 5.91 Å². The number of aromatic nitrogens is 3. The molecule has 5 nitrogen and oxygen atoms in total. The Morgan fingerprint density at radius 1 is 1.12 bits per heavy atom. The Kier molecular flexibility index (Phi) is 4.81. The van der Waals surface area contributed by atoms with E-state index in [2.05, 4.69) is 34.2 Å². The van der Waals surface area contributed by atoms with Crippen molar-refractivity contribution >= 4 is 16.8 Å². The topological polar surface area (TPSA) is 61.9 Å². The molecular formula is C21H26N4O. The lowest BCUT2D eigenvalue weighted by Crippen LogP contribution is -2.29. The first-order valence-electron chi connectivity index (χ1n) is 8.92. The van der Waals surface area contributed by atoms with Crippen LogP contribution in [-0.2, 0) is 6.42 Å². The molecule has 1 amide bonds. The summed E-state index contributed by atoms with van der Waals surface area (Å²) >= 11 is 0. The number of fused-ring (bicyclic) bond motifs is 1. The lowest BCUT2D eigenvalue weighted by molar-refractivity contribution is 0.0798. The van der Waals surface area contributed by atoms with Crippen molar-refractivity contribution in [3.05, 3.63) is 57.5 Å². The maximum absolute atomic E-state index is 13.1. The highest BCUT2D eigenvalue weighted by molar-refractivity contribution is 6.06. The monoisotopic (exact) mass is 350 g/mol. The van der Waals surface area contributed by atoms with Crippen LogP contribution < -0.4 is 0 Å². The zero-order valence-corrected chi connectivity index (χ0v) is 16.4. The molecule has 0 aliphatic carbocycles. The summed E-state index contributed by atoms with van der Waals surface area (Å²) in [4.78, 5) is 19.6. The van der Waals surface area contributed by atoms with Gasteiger partial charge in [-0.05, 0) is 64.3 Å². The Bertz CT molecular complexity index is 968. The van der Waals surface area contributed by atoms with Crippen LogP contribution in [0.25, 0.3) is 10.9 Å². The highest BCUT2D eigenvalue weighted by Crippen LogP contribution is 2.24. The molecular weight excluding hydrogens is 324 g/mol. The largest absolute Gasteiger partial charge is 0.341 e. The van der Waals surface area contributed by atoms with Crippen LogP contribution >= 0.6 is 0 Å². The van der Waals surface area contributed by atoms with E-state index in [1.54, 1.807) is 4.90 Å². The Labute approximate surface area is 154 Å². The van der Waals surface area contributed by atoms with Crippen molar-refractivity contribution in [2.75, 3.05) is 13.6 Å². The van der Waals surface area contributed by atoms with E-state index in [-0.39, 0.29) is 5.91 Å². The number of carbonyl (C=O) groups excluding carboxylic acids is 1. The third kappa shape index (κ3) is 3.34. The van der Waals surface area contributed by atoms with Crippen LogP contribution in [0.1, 0.15) is 44.1 Å². The number of likely N-dealkylation sites (N-methyl/N-ethyl adjacent to an activating group) is 1. The van der Waals surface area contributed by atoms with Gasteiger partial charge in [0.05, 0.1) is 16.8 Å². The number of aryl methyl sites for hydroxylation is 5. The van der Waals surface area contributed by atoms with Gasteiger partial charge in [-0.3, -0.25) is 14.9 Å². The highest BCUT2D eigenvalue weighted by atomic mass is 16.2. The average Bonchev–Trinajstić information content (AvgIpc) is 2.90. The maximum Gasteiger partial charge on any atom is 0.254 e. The molecule has 5 heteroatoms. The highest BCUT2D eigenvalue weighted by Gasteiger charge is 2.18. The SMILES string of the molecule is Cc1cc(C)c2nc(C)cc(C(=O)N(C)CCc3c(C)n[nH]c3C)c2c1. The van der Waals surface area contributed by atoms with Gasteiger partial charge in [-0.25, -0.2) is 0 Å². The Morgan fingerprint density at radius 2 is 1.85 bits per heavy atom. The first kappa shape index (κ1) is 18.1. The summed E-state index contributed by atoms with van der Waals surface area (Å²) in [7, 11) is 1.86. The Balaban J connectivity index is 1.91. The molecule has 0 radical (unpaired) electrons. The van der Waals surface area contributed by atoms with Crippen molar-refractivity contribution in [2.24, 2.45) is 0 Å². The molecule has 0 bridgehead atoms. The number of hydrogen-bond donors (Lipinski definition) is 1. The zero-order valence-electron chi connectivity index (χ0n) is 16.4. The van der Waals surface area contributed by atoms with Gasteiger partial charge in [0.1, 0.15) is 0 Å². The van der Waals surface area contributed by atoms with Crippen LogP contribution in [0.3, 0.4) is 0 Å². The predicted molar refractivity (Wildman–Crippen MR) is 105 cm³/mol. The first-order valence-corrected chi connectivity index (χ1v) is 8.92. The van der Waals surface area contributed by atoms with Gasteiger partial charge in [0.15, 0.2) is 0 Å². The fraction of sp³-hybridized carbons (Fsp3) is 0.381. The molecule has 1 N–H and O–H groups in total. The third-order valence-electron chi connectivity index (χ3n) is 4.93. The molecule has 0 aliphatic heterocycles. The average molecular weight is 350 g/mol. The maximum atomic E-state index is 13.1. The molecule has 0 unspecified atom stereocenters. The van der Waals surface area contributed by atoms with Gasteiger partial charge < -0.3 is 4.90 Å². The molecule has 0 spiro atoms. The summed E-state index contributed by atoms with van der Waals surface area (Å²) in [5, 5.41) is 8.17. The molecule has 2 aromatic heterocycles. The van der Waals surface area contributed by atoms with Crippen molar-refractivity contribution < 1.29 is 4.79 Å². The number of carbonyl (C=O) groups is 1. The van der Waals surface area contributed by atoms with Crippen molar-refractivity contribution in [2.45, 2.75) is 41.0 Å². The molecule has 3 aromatic rings. The van der Waals surface area contributed by atoms with Gasteiger partial charge >= 0.3 is 0 Å². The van der Waals surface area contributed by atoms with Crippen molar-refractivity contribution in [1.29, 1.82) is 0 Å². The second-order valence-electron chi connectivity index (χ2n) is 7.18. The number of nitrogens with one attached hydrogen (secondary N) is 1. The number of nitrogens with zero attached hydrogens (tertiary/aromatic N) is 3. The van der Waals surface area contributed by atoms with Crippen molar-refractivity contribution in [3.63, 3.8) is 0 Å². The van der Waals surface area contributed by atoms with Crippen molar-refractivity contribution in [1.82, 2.24) is 20.1 Å². The minimum Gasteiger partial charge on any atom is -0.341 e. The van der Waals surface area contributed by atoms with Crippen LogP contribution in [0.15, 0.2) is 18.2 Å². The molecule has 26 heavy (non-hydrogen) atoms. The van der Waals surface area contributed by atoms with E-state index >= 15 is 0 Å². The summed E-state index contributed by atoms with van der Waals surface area (Å²) in [5.74, 6) is 0.0318. The number of amides is 1. The Hall–Kier alpha value is -2.69. The molecule has 0 saturated heterocycles. The number of H-pyrrole nitrogens is 1. The molecule has 136 valence electrons. The second kappa shape index (κ2) is 6.90. The van der Waals surface area contributed by atoms with E-state index in [0.29, 0.717) is 6.54 Å². The molecule has 0 fully saturated rings. The second-order valence-corrected chi connectivity index (χ2v) is 7.18. The minimum absolute atomic E-state index is 0.0318. The van der Waals surface area contributed by atoms with E-state index in [0.717, 1.165) is 51.1 Å². The van der Waals surface area contributed by atoms with Crippen LogP contribution in [0.2, 0.25) is 0 Å². The quantitative estimate of drug-likeness (QED) is 0.778. The van der Waals surface area contributed by atoms with Gasteiger partial charge in [-0.15, -0.1) is 0 Å². The summed E-state index contributed by atoms with van der Waals surface area (Å²) < 4.78 is 0. The number of aromatic amines is 1. The van der Waals surface area contributed by atoms with E-state index < -0.39 is 0 Å². The van der Waals surface area contributed by atoms with Crippen LogP contribution in [0.4, 0.5) is 0 Å². The summed E-state index contributed by atoms with van der Waals surface area (Å²) in [6, 6.07) is 6.06. The Morgan fingerprint density at radius 3 is 2.50 bits per heavy atom. The van der Waals surface area contributed by atoms with Crippen molar-refractivity contribution in [3.8, 4) is 0 Å². The van der Waals surface area contributed by atoms with Crippen LogP contribution in [0, 0.1) is 34.6 Å². The third-order valence-corrected chi connectivity index (χ3v) is 4.93. The molecule has 0 atom stereocenters. The summed E-state index contributed by atoms with van der Waals surface area (Å²) in [6.45, 7) is 10.7. The first-order chi connectivity index (χ1) is 12.3. The van der Waals surface area contributed by atoms with E-state index in [9.17, 15) is 4.79 Å². The van der Waals surface area contributed by atoms with Crippen LogP contribution in [0.5, 0.6) is 0 Å². The summed E-state index contributed by atoms with van der Waals surface area (Å²) in [5.41, 5.74) is 8.00. The zero-order chi connectivity index (χ0) is 19.0. The fourth-order valence-corrected chi connectivity index (χ4v) is 3.51. The smallest absolute Gasteiger partial charge is 0.254 e. The molecule has 3 rings (SSSR count). The van der Waals surface area contributed by atoms with Gasteiger partial charge in [0.2, 0.25) is 0 Å². The van der Waals surface area contributed by atoms with E-state index in [1.165, 1.54) is 5.56 Å². The number of hydrogen-bond acceptors (Lipinski definition) is 3. The lowest BCUT2D eigenvalue weighted by Gasteiger charge is -2.19. The van der Waals surface area contributed by atoms with Gasteiger partial charge in [-0.1, -0.05) is 11.6 Å². The summed E-state index contributed by atoms with van der Waals surface area (Å²) in [6.07, 6.45) is 0.788. The molecule has 2 heterocycles. The number of benzene rings is 1. The van der Waals surface area contributed by atoms with Crippen LogP contribution in [-0.4, -0.2) is 39.6 Å². The fourth-order valence-electron chi connectivity index (χ4n) is 3.51. The molecule has 0 aliphatic rings. The minimum atomic E-state index is 0.0318. The molecule has 1 aromatic carbocycles. The number of rotatable bonds is 4.